The van der Waals surface area contributed by atoms with Gasteiger partial charge in [-0.1, -0.05) is 0 Å². The summed E-state index contributed by atoms with van der Waals surface area (Å²) < 4.78 is 23.7. The number of nitrogens with zero attached hydrogens (tertiary/aromatic N) is 1. The van der Waals surface area contributed by atoms with E-state index in [-0.39, 0.29) is 23.1 Å². The van der Waals surface area contributed by atoms with Crippen LogP contribution >= 0.6 is 0 Å². The fourth-order valence-electron chi connectivity index (χ4n) is 3.73. The van der Waals surface area contributed by atoms with Gasteiger partial charge in [0.2, 0.25) is 5.91 Å². The highest BCUT2D eigenvalue weighted by atomic mass is 19.1. The van der Waals surface area contributed by atoms with Gasteiger partial charge in [-0.05, 0) is 62.0 Å². The minimum Gasteiger partial charge on any atom is -0.492 e. The van der Waals surface area contributed by atoms with Crippen molar-refractivity contribution < 1.29 is 18.7 Å². The van der Waals surface area contributed by atoms with Crippen LogP contribution in [0, 0.1) is 17.2 Å². The molecule has 2 fully saturated rings. The third kappa shape index (κ3) is 4.50. The first-order valence-electron chi connectivity index (χ1n) is 9.01. The summed E-state index contributed by atoms with van der Waals surface area (Å²) in [6.07, 6.45) is 3.19. The molecule has 1 spiro atoms. The van der Waals surface area contributed by atoms with E-state index < -0.39 is 0 Å². The minimum absolute atomic E-state index is 0.150. The molecule has 1 N–H and O–H groups in total. The van der Waals surface area contributed by atoms with E-state index in [0.717, 1.165) is 32.4 Å². The second kappa shape index (κ2) is 8.15. The predicted octanol–water partition coefficient (Wildman–Crippen LogP) is 2.07. The molecule has 1 aromatic carbocycles. The number of hydrogen-bond donors (Lipinski definition) is 1. The van der Waals surface area contributed by atoms with Gasteiger partial charge >= 0.3 is 0 Å². The van der Waals surface area contributed by atoms with Crippen molar-refractivity contribution in [3.8, 4) is 5.75 Å². The number of ether oxygens (including phenoxy) is 2. The molecule has 1 saturated heterocycles. The van der Waals surface area contributed by atoms with Crippen LogP contribution in [0.2, 0.25) is 0 Å². The largest absolute Gasteiger partial charge is 0.492 e. The van der Waals surface area contributed by atoms with E-state index in [1.807, 2.05) is 4.90 Å². The summed E-state index contributed by atoms with van der Waals surface area (Å²) in [6, 6.07) is 5.94. The quantitative estimate of drug-likeness (QED) is 0.780. The van der Waals surface area contributed by atoms with Crippen LogP contribution < -0.4 is 10.1 Å². The molecular weight excluding hydrogens is 323 g/mol. The smallest absolute Gasteiger partial charge is 0.226 e. The van der Waals surface area contributed by atoms with Crippen molar-refractivity contribution in [1.29, 1.82) is 0 Å². The molecule has 1 aliphatic carbocycles. The summed E-state index contributed by atoms with van der Waals surface area (Å²) in [5, 5.41) is 3.37. The number of carbonyl (C=O) groups excluding carboxylic acids is 1. The Labute approximate surface area is 148 Å². The third-order valence-electron chi connectivity index (χ3n) is 5.41. The van der Waals surface area contributed by atoms with E-state index in [1.165, 1.54) is 12.1 Å². The first-order valence-corrected chi connectivity index (χ1v) is 9.01. The fourth-order valence-corrected chi connectivity index (χ4v) is 3.73. The molecular formula is C19H27FN2O3. The average Bonchev–Trinajstić information content (AvgIpc) is 3.32. The standard InChI is InChI=1S/C19H27FN2O3/c1-24-12-10-22(11-13-25-16-4-2-15(20)3-5-16)18(23)17-14-19(17)6-8-21-9-7-19/h2-5,17,21H,6-14H2,1H3. The van der Waals surface area contributed by atoms with E-state index in [1.54, 1.807) is 19.2 Å². The lowest BCUT2D eigenvalue weighted by molar-refractivity contribution is -0.134. The maximum Gasteiger partial charge on any atom is 0.226 e. The van der Waals surface area contributed by atoms with Gasteiger partial charge in [-0.25, -0.2) is 4.39 Å². The van der Waals surface area contributed by atoms with Crippen molar-refractivity contribution in [3.05, 3.63) is 30.1 Å². The van der Waals surface area contributed by atoms with Gasteiger partial charge in [-0.15, -0.1) is 0 Å². The van der Waals surface area contributed by atoms with Crippen LogP contribution in [0.25, 0.3) is 0 Å². The van der Waals surface area contributed by atoms with E-state index in [4.69, 9.17) is 9.47 Å². The second-order valence-electron chi connectivity index (χ2n) is 6.99. The zero-order valence-corrected chi connectivity index (χ0v) is 14.8. The highest BCUT2D eigenvalue weighted by Crippen LogP contribution is 2.59. The van der Waals surface area contributed by atoms with Crippen molar-refractivity contribution in [3.63, 3.8) is 0 Å². The Hall–Kier alpha value is -1.66. The molecule has 1 amide bonds. The predicted molar refractivity (Wildman–Crippen MR) is 93.0 cm³/mol. The molecule has 0 aromatic heterocycles. The molecule has 0 radical (unpaired) electrons. The van der Waals surface area contributed by atoms with Gasteiger partial charge < -0.3 is 19.7 Å². The van der Waals surface area contributed by atoms with Gasteiger partial charge in [0.15, 0.2) is 0 Å². The monoisotopic (exact) mass is 350 g/mol. The highest BCUT2D eigenvalue weighted by Gasteiger charge is 2.58. The average molecular weight is 350 g/mol. The zero-order valence-electron chi connectivity index (χ0n) is 14.8. The van der Waals surface area contributed by atoms with Crippen LogP contribution in [-0.4, -0.2) is 57.3 Å². The fraction of sp³-hybridized carbons (Fsp3) is 0.632. The summed E-state index contributed by atoms with van der Waals surface area (Å²) in [5.74, 6) is 0.700. The zero-order chi connectivity index (χ0) is 17.7. The van der Waals surface area contributed by atoms with Crippen LogP contribution in [0.3, 0.4) is 0 Å². The molecule has 2 aliphatic rings. The van der Waals surface area contributed by atoms with Gasteiger partial charge in [0, 0.05) is 19.6 Å². The number of carbonyl (C=O) groups is 1. The number of piperidine rings is 1. The Morgan fingerprint density at radius 3 is 2.60 bits per heavy atom. The molecule has 1 unspecified atom stereocenters. The van der Waals surface area contributed by atoms with Gasteiger partial charge in [0.05, 0.1) is 13.2 Å². The molecule has 3 rings (SSSR count). The van der Waals surface area contributed by atoms with Gasteiger partial charge in [-0.3, -0.25) is 4.79 Å². The normalized spacial score (nSPS) is 21.1. The summed E-state index contributed by atoms with van der Waals surface area (Å²) in [4.78, 5) is 14.8. The van der Waals surface area contributed by atoms with Crippen molar-refractivity contribution in [1.82, 2.24) is 10.2 Å². The number of nitrogens with one attached hydrogen (secondary N) is 1. The molecule has 1 aromatic rings. The minimum atomic E-state index is -0.287. The molecule has 1 saturated carbocycles. The first-order chi connectivity index (χ1) is 12.1. The lowest BCUT2D eigenvalue weighted by Gasteiger charge is -2.27. The molecule has 1 atom stereocenters. The van der Waals surface area contributed by atoms with Gasteiger partial charge in [-0.2, -0.15) is 0 Å². The Morgan fingerprint density at radius 1 is 1.24 bits per heavy atom. The van der Waals surface area contributed by atoms with Crippen molar-refractivity contribution in [2.75, 3.05) is 46.5 Å². The Balaban J connectivity index is 1.52. The van der Waals surface area contributed by atoms with Crippen LogP contribution in [0.1, 0.15) is 19.3 Å². The lowest BCUT2D eigenvalue weighted by Crippen LogP contribution is -2.40. The first kappa shape index (κ1) is 18.1. The van der Waals surface area contributed by atoms with E-state index >= 15 is 0 Å². The molecule has 25 heavy (non-hydrogen) atoms. The van der Waals surface area contributed by atoms with Crippen LogP contribution in [-0.2, 0) is 9.53 Å². The number of benzene rings is 1. The topological polar surface area (TPSA) is 50.8 Å². The van der Waals surface area contributed by atoms with Crippen LogP contribution in [0.15, 0.2) is 24.3 Å². The maximum absolute atomic E-state index is 12.9. The van der Waals surface area contributed by atoms with Crippen molar-refractivity contribution in [2.45, 2.75) is 19.3 Å². The van der Waals surface area contributed by atoms with E-state index in [0.29, 0.717) is 32.1 Å². The second-order valence-corrected chi connectivity index (χ2v) is 6.99. The maximum atomic E-state index is 12.9. The summed E-state index contributed by atoms with van der Waals surface area (Å²) in [6.45, 7) is 4.02. The molecule has 0 bridgehead atoms. The molecule has 1 aliphatic heterocycles. The van der Waals surface area contributed by atoms with Crippen LogP contribution in [0.4, 0.5) is 4.39 Å². The number of methoxy groups -OCH3 is 1. The Kier molecular flexibility index (Phi) is 5.91. The molecule has 6 heteroatoms. The van der Waals surface area contributed by atoms with Crippen molar-refractivity contribution >= 4 is 5.91 Å². The molecule has 5 nitrogen and oxygen atoms in total. The number of hydrogen-bond acceptors (Lipinski definition) is 4. The van der Waals surface area contributed by atoms with Crippen LogP contribution in [0.5, 0.6) is 5.75 Å². The lowest BCUT2D eigenvalue weighted by atomic mass is 9.91. The van der Waals surface area contributed by atoms with Gasteiger partial charge in [0.25, 0.3) is 0 Å². The van der Waals surface area contributed by atoms with E-state index in [2.05, 4.69) is 5.32 Å². The SMILES string of the molecule is COCCN(CCOc1ccc(F)cc1)C(=O)C1CC12CCNCC2. The number of amides is 1. The number of halogens is 1. The molecule has 138 valence electrons. The summed E-state index contributed by atoms with van der Waals surface area (Å²) >= 11 is 0. The molecule has 1 heterocycles. The Morgan fingerprint density at radius 2 is 1.92 bits per heavy atom. The third-order valence-corrected chi connectivity index (χ3v) is 5.41. The Bertz CT molecular complexity index is 573. The van der Waals surface area contributed by atoms with Gasteiger partial charge in [0.1, 0.15) is 18.2 Å². The van der Waals surface area contributed by atoms with Crippen molar-refractivity contribution in [2.24, 2.45) is 11.3 Å². The van der Waals surface area contributed by atoms with E-state index in [9.17, 15) is 9.18 Å². The number of rotatable bonds is 8. The highest BCUT2D eigenvalue weighted by molar-refractivity contribution is 5.82. The summed E-state index contributed by atoms with van der Waals surface area (Å²) in [5.41, 5.74) is 0.228. The summed E-state index contributed by atoms with van der Waals surface area (Å²) in [7, 11) is 1.64.